The Bertz CT molecular complexity index is 408. The Labute approximate surface area is 122 Å². The SMILES string of the molecule is CCC(C)n1ccc(CNCC2(O)CCC(C)CC2)n1. The fraction of sp³-hybridized carbons (Fsp3) is 0.812. The van der Waals surface area contributed by atoms with Crippen LogP contribution in [0.2, 0.25) is 0 Å². The number of nitrogens with one attached hydrogen (secondary N) is 1. The van der Waals surface area contributed by atoms with E-state index in [2.05, 4.69) is 37.3 Å². The second-order valence-electron chi connectivity index (χ2n) is 6.55. The Balaban J connectivity index is 1.77. The summed E-state index contributed by atoms with van der Waals surface area (Å²) in [5.74, 6) is 0.765. The molecule has 4 heteroatoms. The maximum atomic E-state index is 10.5. The highest BCUT2D eigenvalue weighted by Gasteiger charge is 2.31. The molecule has 4 nitrogen and oxygen atoms in total. The van der Waals surface area contributed by atoms with Crippen LogP contribution in [-0.4, -0.2) is 27.0 Å². The van der Waals surface area contributed by atoms with Crippen molar-refractivity contribution in [3.63, 3.8) is 0 Å². The van der Waals surface area contributed by atoms with Crippen molar-refractivity contribution in [3.8, 4) is 0 Å². The van der Waals surface area contributed by atoms with Crippen molar-refractivity contribution in [3.05, 3.63) is 18.0 Å². The summed E-state index contributed by atoms with van der Waals surface area (Å²) in [7, 11) is 0. The van der Waals surface area contributed by atoms with E-state index in [9.17, 15) is 5.11 Å². The van der Waals surface area contributed by atoms with Crippen molar-refractivity contribution < 1.29 is 5.11 Å². The highest BCUT2D eigenvalue weighted by atomic mass is 16.3. The second kappa shape index (κ2) is 6.72. The van der Waals surface area contributed by atoms with Crippen LogP contribution in [0.3, 0.4) is 0 Å². The summed E-state index contributed by atoms with van der Waals surface area (Å²) >= 11 is 0. The van der Waals surface area contributed by atoms with E-state index in [0.717, 1.165) is 50.3 Å². The Morgan fingerprint density at radius 3 is 2.85 bits per heavy atom. The molecule has 1 heterocycles. The molecule has 0 amide bonds. The topological polar surface area (TPSA) is 50.1 Å². The predicted octanol–water partition coefficient (Wildman–Crippen LogP) is 2.88. The third-order valence-electron chi connectivity index (χ3n) is 4.67. The van der Waals surface area contributed by atoms with Gasteiger partial charge in [0.1, 0.15) is 0 Å². The first-order valence-corrected chi connectivity index (χ1v) is 7.99. The fourth-order valence-electron chi connectivity index (χ4n) is 2.80. The Hall–Kier alpha value is -0.870. The molecule has 1 unspecified atom stereocenters. The summed E-state index contributed by atoms with van der Waals surface area (Å²) in [5.41, 5.74) is 0.546. The summed E-state index contributed by atoms with van der Waals surface area (Å²) in [5, 5.41) is 18.5. The van der Waals surface area contributed by atoms with E-state index in [1.165, 1.54) is 0 Å². The highest BCUT2D eigenvalue weighted by Crippen LogP contribution is 2.31. The average Bonchev–Trinajstić information content (AvgIpc) is 2.90. The third kappa shape index (κ3) is 4.06. The van der Waals surface area contributed by atoms with Crippen LogP contribution >= 0.6 is 0 Å². The molecule has 2 N–H and O–H groups in total. The molecule has 0 bridgehead atoms. The van der Waals surface area contributed by atoms with Crippen molar-refractivity contribution in [1.29, 1.82) is 0 Å². The van der Waals surface area contributed by atoms with Gasteiger partial charge < -0.3 is 10.4 Å². The number of aromatic nitrogens is 2. The predicted molar refractivity (Wildman–Crippen MR) is 81.5 cm³/mol. The molecule has 0 radical (unpaired) electrons. The first kappa shape index (κ1) is 15.5. The quantitative estimate of drug-likeness (QED) is 0.842. The molecule has 1 atom stereocenters. The van der Waals surface area contributed by atoms with Crippen molar-refractivity contribution in [2.24, 2.45) is 5.92 Å². The molecule has 0 aromatic carbocycles. The van der Waals surface area contributed by atoms with E-state index in [1.54, 1.807) is 0 Å². The number of nitrogens with zero attached hydrogens (tertiary/aromatic N) is 2. The van der Waals surface area contributed by atoms with Gasteiger partial charge in [0.2, 0.25) is 0 Å². The number of rotatable bonds is 6. The summed E-state index contributed by atoms with van der Waals surface area (Å²) < 4.78 is 2.02. The van der Waals surface area contributed by atoms with Gasteiger partial charge in [0.15, 0.2) is 0 Å². The van der Waals surface area contributed by atoms with E-state index in [0.29, 0.717) is 12.6 Å². The van der Waals surface area contributed by atoms with Crippen molar-refractivity contribution >= 4 is 0 Å². The van der Waals surface area contributed by atoms with Crippen LogP contribution in [0.4, 0.5) is 0 Å². The first-order valence-electron chi connectivity index (χ1n) is 7.99. The van der Waals surface area contributed by atoms with E-state index in [-0.39, 0.29) is 0 Å². The van der Waals surface area contributed by atoms with Gasteiger partial charge >= 0.3 is 0 Å². The van der Waals surface area contributed by atoms with Gasteiger partial charge in [0.25, 0.3) is 0 Å². The fourth-order valence-corrected chi connectivity index (χ4v) is 2.80. The molecule has 0 spiro atoms. The van der Waals surface area contributed by atoms with E-state index in [4.69, 9.17) is 0 Å². The van der Waals surface area contributed by atoms with Crippen LogP contribution in [0.1, 0.15) is 64.6 Å². The minimum Gasteiger partial charge on any atom is -0.389 e. The van der Waals surface area contributed by atoms with Crippen LogP contribution < -0.4 is 5.32 Å². The zero-order valence-electron chi connectivity index (χ0n) is 13.1. The number of hydrogen-bond acceptors (Lipinski definition) is 3. The lowest BCUT2D eigenvalue weighted by atomic mass is 9.79. The second-order valence-corrected chi connectivity index (χ2v) is 6.55. The van der Waals surface area contributed by atoms with Gasteiger partial charge in [-0.15, -0.1) is 0 Å². The summed E-state index contributed by atoms with van der Waals surface area (Å²) in [6.07, 6.45) is 7.25. The smallest absolute Gasteiger partial charge is 0.0771 e. The van der Waals surface area contributed by atoms with Crippen molar-refractivity contribution in [2.45, 2.75) is 71.1 Å². The highest BCUT2D eigenvalue weighted by molar-refractivity contribution is 4.99. The molecule has 1 aliphatic carbocycles. The molecular weight excluding hydrogens is 250 g/mol. The van der Waals surface area contributed by atoms with Crippen molar-refractivity contribution in [1.82, 2.24) is 15.1 Å². The largest absolute Gasteiger partial charge is 0.389 e. The molecular formula is C16H29N3O. The lowest BCUT2D eigenvalue weighted by molar-refractivity contribution is -0.00636. The Morgan fingerprint density at radius 2 is 2.20 bits per heavy atom. The van der Waals surface area contributed by atoms with Gasteiger partial charge in [-0.1, -0.05) is 13.8 Å². The molecule has 1 fully saturated rings. The summed E-state index contributed by atoms with van der Waals surface area (Å²) in [4.78, 5) is 0. The number of hydrogen-bond donors (Lipinski definition) is 2. The van der Waals surface area contributed by atoms with Crippen LogP contribution in [0.25, 0.3) is 0 Å². The van der Waals surface area contributed by atoms with Gasteiger partial charge in [-0.25, -0.2) is 0 Å². The Morgan fingerprint density at radius 1 is 1.50 bits per heavy atom. The van der Waals surface area contributed by atoms with E-state index in [1.807, 2.05) is 10.9 Å². The summed E-state index contributed by atoms with van der Waals surface area (Å²) in [6, 6.07) is 2.51. The maximum absolute atomic E-state index is 10.5. The van der Waals surface area contributed by atoms with Gasteiger partial charge in [-0.2, -0.15) is 5.10 Å². The molecule has 1 aromatic heterocycles. The van der Waals surface area contributed by atoms with Gasteiger partial charge in [0, 0.05) is 25.3 Å². The van der Waals surface area contributed by atoms with Crippen LogP contribution in [0.15, 0.2) is 12.3 Å². The van der Waals surface area contributed by atoms with Crippen LogP contribution in [0, 0.1) is 5.92 Å². The molecule has 20 heavy (non-hydrogen) atoms. The minimum absolute atomic E-state index is 0.452. The molecule has 1 saturated carbocycles. The monoisotopic (exact) mass is 279 g/mol. The van der Waals surface area contributed by atoms with Crippen LogP contribution in [-0.2, 0) is 6.54 Å². The van der Waals surface area contributed by atoms with E-state index < -0.39 is 5.60 Å². The molecule has 0 aliphatic heterocycles. The maximum Gasteiger partial charge on any atom is 0.0771 e. The van der Waals surface area contributed by atoms with Crippen molar-refractivity contribution in [2.75, 3.05) is 6.54 Å². The first-order chi connectivity index (χ1) is 9.52. The number of aliphatic hydroxyl groups is 1. The Kier molecular flexibility index (Phi) is 5.22. The van der Waals surface area contributed by atoms with Crippen LogP contribution in [0.5, 0.6) is 0 Å². The molecule has 1 aromatic rings. The van der Waals surface area contributed by atoms with Gasteiger partial charge in [-0.3, -0.25) is 4.68 Å². The zero-order valence-corrected chi connectivity index (χ0v) is 13.1. The lowest BCUT2D eigenvalue weighted by Gasteiger charge is -2.35. The molecule has 114 valence electrons. The normalized spacial score (nSPS) is 28.5. The molecule has 0 saturated heterocycles. The lowest BCUT2D eigenvalue weighted by Crippen LogP contribution is -2.43. The van der Waals surface area contributed by atoms with E-state index >= 15 is 0 Å². The molecule has 1 aliphatic rings. The van der Waals surface area contributed by atoms with Gasteiger partial charge in [-0.05, 0) is 51.0 Å². The summed E-state index contributed by atoms with van der Waals surface area (Å²) in [6.45, 7) is 8.03. The molecule has 2 rings (SSSR count). The standard InChI is InChI=1S/C16H29N3O/c1-4-14(3)19-10-7-15(18-19)11-17-12-16(20)8-5-13(2)6-9-16/h7,10,13-14,17,20H,4-6,8-9,11-12H2,1-3H3. The zero-order chi connectivity index (χ0) is 14.6. The van der Waals surface area contributed by atoms with Gasteiger partial charge in [0.05, 0.1) is 11.3 Å². The minimum atomic E-state index is -0.508. The average molecular weight is 279 g/mol. The third-order valence-corrected chi connectivity index (χ3v) is 4.67.